The van der Waals surface area contributed by atoms with Crippen molar-refractivity contribution >= 4 is 17.6 Å². The van der Waals surface area contributed by atoms with Crippen LogP contribution in [0.15, 0.2) is 0 Å². The highest BCUT2D eigenvalue weighted by Gasteiger charge is 2.76. The summed E-state index contributed by atoms with van der Waals surface area (Å²) in [4.78, 5) is 5.83. The lowest BCUT2D eigenvalue weighted by Crippen LogP contribution is -2.58. The molecule has 17 heavy (non-hydrogen) atoms. The van der Waals surface area contributed by atoms with E-state index in [1.54, 1.807) is 6.92 Å². The van der Waals surface area contributed by atoms with E-state index in [0.29, 0.717) is 6.42 Å². The molecule has 0 saturated carbocycles. The predicted molar refractivity (Wildman–Crippen MR) is 46.6 cm³/mol. The van der Waals surface area contributed by atoms with Crippen LogP contribution in [0.1, 0.15) is 19.8 Å². The molecule has 0 atom stereocenters. The van der Waals surface area contributed by atoms with Crippen LogP contribution in [0.25, 0.3) is 0 Å². The van der Waals surface area contributed by atoms with Crippen molar-refractivity contribution < 1.29 is 35.9 Å². The maximum absolute atomic E-state index is 12.2. The van der Waals surface area contributed by atoms with Gasteiger partial charge >= 0.3 is 23.2 Å². The van der Waals surface area contributed by atoms with Crippen molar-refractivity contribution in [2.45, 2.75) is 37.0 Å². The van der Waals surface area contributed by atoms with Crippen LogP contribution in [0.5, 0.6) is 0 Å². The first-order chi connectivity index (χ1) is 7.48. The lowest BCUT2D eigenvalue weighted by Gasteiger charge is -2.29. The van der Waals surface area contributed by atoms with Gasteiger partial charge in [0.15, 0.2) is 0 Å². The molecule has 0 aliphatic rings. The summed E-state index contributed by atoms with van der Waals surface area (Å²) in [6.45, 7) is 1.07. The van der Waals surface area contributed by atoms with Gasteiger partial charge < -0.3 is 4.74 Å². The van der Waals surface area contributed by atoms with Gasteiger partial charge in [0.05, 0.1) is 6.61 Å². The normalized spacial score (nSPS) is 13.6. The lowest BCUT2D eigenvalue weighted by molar-refractivity contribution is -0.268. The summed E-state index contributed by atoms with van der Waals surface area (Å²) in [6.07, 6.45) is -11.4. The van der Waals surface area contributed by atoms with E-state index >= 15 is 0 Å². The first-order valence-corrected chi connectivity index (χ1v) is 4.85. The van der Waals surface area contributed by atoms with E-state index < -0.39 is 29.8 Å². The Balaban J connectivity index is 5.03. The van der Waals surface area contributed by atoms with E-state index in [9.17, 15) is 31.1 Å². The Morgan fingerprint density at radius 1 is 1.12 bits per heavy atom. The maximum Gasteiger partial charge on any atom is 0.427 e. The fourth-order valence-electron chi connectivity index (χ4n) is 0.801. The minimum absolute atomic E-state index is 0.147. The van der Waals surface area contributed by atoms with Gasteiger partial charge in [-0.3, -0.25) is 0 Å². The first kappa shape index (κ1) is 16.3. The lowest BCUT2D eigenvalue weighted by atomic mass is 10.1. The zero-order valence-electron chi connectivity index (χ0n) is 8.58. The summed E-state index contributed by atoms with van der Waals surface area (Å²) in [5, 5.41) is 0. The fourth-order valence-corrected chi connectivity index (χ4v) is 0.855. The third-order valence-electron chi connectivity index (χ3n) is 1.79. The number of hydrogen-bond donors (Lipinski definition) is 0. The molecule has 2 nitrogen and oxygen atoms in total. The van der Waals surface area contributed by atoms with E-state index in [2.05, 4.69) is 16.3 Å². The summed E-state index contributed by atoms with van der Waals surface area (Å²) >= 11 is 4.40. The molecule has 0 heterocycles. The van der Waals surface area contributed by atoms with Crippen LogP contribution in [0.4, 0.5) is 26.3 Å². The molecule has 0 aromatic heterocycles. The van der Waals surface area contributed by atoms with Gasteiger partial charge in [-0.1, -0.05) is 24.9 Å². The second-order valence-electron chi connectivity index (χ2n) is 3.14. The van der Waals surface area contributed by atoms with Crippen LogP contribution in [0.3, 0.4) is 0 Å². The van der Waals surface area contributed by atoms with Crippen molar-refractivity contribution in [3.63, 3.8) is 0 Å². The van der Waals surface area contributed by atoms with Crippen molar-refractivity contribution in [2.24, 2.45) is 0 Å². The van der Waals surface area contributed by atoms with Gasteiger partial charge in [0.1, 0.15) is 0 Å². The SMILES string of the molecule is CCCCOC(=O)C(Cl)(C(F)(F)F)C(F)(F)F. The molecule has 0 aromatic rings. The van der Waals surface area contributed by atoms with Crippen molar-refractivity contribution in [3.8, 4) is 0 Å². The molecule has 9 heteroatoms. The molecule has 0 saturated heterocycles. The van der Waals surface area contributed by atoms with Crippen LogP contribution in [-0.4, -0.2) is 29.8 Å². The fraction of sp³-hybridized carbons (Fsp3) is 0.875. The molecule has 0 aliphatic carbocycles. The minimum atomic E-state index is -5.98. The predicted octanol–water partition coefficient (Wildman–Crippen LogP) is 3.43. The number of carbonyl (C=O) groups is 1. The quantitative estimate of drug-likeness (QED) is 0.342. The van der Waals surface area contributed by atoms with Crippen LogP contribution in [0, 0.1) is 0 Å². The van der Waals surface area contributed by atoms with Crippen molar-refractivity contribution in [2.75, 3.05) is 6.61 Å². The smallest absolute Gasteiger partial charge is 0.427 e. The Kier molecular flexibility index (Phi) is 5.12. The van der Waals surface area contributed by atoms with Gasteiger partial charge in [0.2, 0.25) is 0 Å². The van der Waals surface area contributed by atoms with Crippen LogP contribution in [-0.2, 0) is 9.53 Å². The minimum Gasteiger partial charge on any atom is -0.464 e. The third-order valence-corrected chi connectivity index (χ3v) is 2.38. The van der Waals surface area contributed by atoms with Crippen LogP contribution >= 0.6 is 11.6 Å². The number of hydrogen-bond acceptors (Lipinski definition) is 2. The number of unbranched alkanes of at least 4 members (excludes halogenated alkanes) is 1. The molecule has 0 aromatic carbocycles. The number of alkyl halides is 7. The van der Waals surface area contributed by atoms with Gasteiger partial charge in [-0.2, -0.15) is 26.3 Å². The summed E-state index contributed by atoms with van der Waals surface area (Å²) in [6, 6.07) is 0. The van der Waals surface area contributed by atoms with Gasteiger partial charge in [-0.05, 0) is 6.42 Å². The second kappa shape index (κ2) is 5.32. The second-order valence-corrected chi connectivity index (χ2v) is 3.71. The highest BCUT2D eigenvalue weighted by atomic mass is 35.5. The molecule has 0 radical (unpaired) electrons. The summed E-state index contributed by atoms with van der Waals surface area (Å²) in [5.41, 5.74) is 0. The van der Waals surface area contributed by atoms with Crippen molar-refractivity contribution in [3.05, 3.63) is 0 Å². The highest BCUT2D eigenvalue weighted by Crippen LogP contribution is 2.48. The molecule has 0 aliphatic heterocycles. The van der Waals surface area contributed by atoms with Crippen LogP contribution < -0.4 is 0 Å². The zero-order chi connectivity index (χ0) is 13.9. The Morgan fingerprint density at radius 3 is 1.82 bits per heavy atom. The molecular formula is C8H9ClF6O2. The molecular weight excluding hydrogens is 278 g/mol. The summed E-state index contributed by atoms with van der Waals surface area (Å²) in [5.74, 6) is -2.55. The third kappa shape index (κ3) is 3.40. The number of ether oxygens (including phenoxy) is 1. The Labute approximate surface area is 97.9 Å². The largest absolute Gasteiger partial charge is 0.464 e. The molecule has 0 bridgehead atoms. The van der Waals surface area contributed by atoms with Gasteiger partial charge in [0.25, 0.3) is 0 Å². The number of esters is 1. The molecule has 0 unspecified atom stereocenters. The van der Waals surface area contributed by atoms with Gasteiger partial charge in [0, 0.05) is 0 Å². The monoisotopic (exact) mass is 286 g/mol. The molecule has 0 fully saturated rings. The van der Waals surface area contributed by atoms with E-state index in [4.69, 9.17) is 0 Å². The molecule has 0 spiro atoms. The Bertz CT molecular complexity index is 258. The zero-order valence-corrected chi connectivity index (χ0v) is 9.34. The van der Waals surface area contributed by atoms with Crippen molar-refractivity contribution in [1.29, 1.82) is 0 Å². The summed E-state index contributed by atoms with van der Waals surface area (Å²) < 4.78 is 77.1. The van der Waals surface area contributed by atoms with E-state index in [-0.39, 0.29) is 6.42 Å². The van der Waals surface area contributed by atoms with Gasteiger partial charge in [-0.15, -0.1) is 0 Å². The van der Waals surface area contributed by atoms with Gasteiger partial charge in [-0.25, -0.2) is 4.79 Å². The molecule has 102 valence electrons. The number of rotatable bonds is 4. The molecule has 0 amide bonds. The highest BCUT2D eigenvalue weighted by molar-refractivity contribution is 6.35. The summed E-state index contributed by atoms with van der Waals surface area (Å²) in [7, 11) is 0. The molecule has 0 N–H and O–H groups in total. The topological polar surface area (TPSA) is 26.3 Å². The van der Waals surface area contributed by atoms with Crippen LogP contribution in [0.2, 0.25) is 0 Å². The van der Waals surface area contributed by atoms with E-state index in [1.807, 2.05) is 0 Å². The van der Waals surface area contributed by atoms with Crippen molar-refractivity contribution in [1.82, 2.24) is 0 Å². The standard InChI is InChI=1S/C8H9ClF6O2/c1-2-3-4-17-5(16)6(9,7(10,11)12)8(13,14)15/h2-4H2,1H3. The first-order valence-electron chi connectivity index (χ1n) is 4.48. The molecule has 0 rings (SSSR count). The van der Waals surface area contributed by atoms with E-state index in [0.717, 1.165) is 0 Å². The number of carbonyl (C=O) groups excluding carboxylic acids is 1. The van der Waals surface area contributed by atoms with E-state index in [1.165, 1.54) is 0 Å². The Hall–Kier alpha value is -0.660. The Morgan fingerprint density at radius 2 is 1.53 bits per heavy atom. The maximum atomic E-state index is 12.2. The number of halogens is 7. The average Bonchev–Trinajstić information content (AvgIpc) is 2.13. The average molecular weight is 287 g/mol.